The molecule has 0 bridgehead atoms. The molecule has 0 aliphatic carbocycles. The van der Waals surface area contributed by atoms with Crippen molar-refractivity contribution in [3.63, 3.8) is 0 Å². The van der Waals surface area contributed by atoms with Gasteiger partial charge in [-0.05, 0) is 32.1 Å². The van der Waals surface area contributed by atoms with E-state index in [1.54, 1.807) is 6.08 Å². The number of nitrogens with one attached hydrogen (secondary N) is 1. The lowest BCUT2D eigenvalue weighted by molar-refractivity contribution is -0.143. The van der Waals surface area contributed by atoms with Gasteiger partial charge >= 0.3 is 5.97 Å². The predicted molar refractivity (Wildman–Crippen MR) is 403 cm³/mol. The van der Waals surface area contributed by atoms with Crippen molar-refractivity contribution in [1.82, 2.24) is 5.32 Å². The predicted octanol–water partition coefficient (Wildman–Crippen LogP) is 28.2. The van der Waals surface area contributed by atoms with Crippen LogP contribution in [-0.4, -0.2) is 47.4 Å². The number of amides is 1. The average molecular weight is 1280 g/mol. The summed E-state index contributed by atoms with van der Waals surface area (Å²) in [5, 5.41) is 23.3. The van der Waals surface area contributed by atoms with Gasteiger partial charge < -0.3 is 20.3 Å². The van der Waals surface area contributed by atoms with Crippen molar-refractivity contribution < 1.29 is 24.5 Å². The summed E-state index contributed by atoms with van der Waals surface area (Å²) >= 11 is 0. The van der Waals surface area contributed by atoms with Crippen LogP contribution in [0, 0.1) is 0 Å². The van der Waals surface area contributed by atoms with Crippen LogP contribution in [0.15, 0.2) is 12.2 Å². The van der Waals surface area contributed by atoms with Gasteiger partial charge in [-0.25, -0.2) is 0 Å². The van der Waals surface area contributed by atoms with E-state index in [1.165, 1.54) is 430 Å². The molecule has 6 nitrogen and oxygen atoms in total. The minimum atomic E-state index is -0.841. The largest absolute Gasteiger partial charge is 0.466 e. The van der Waals surface area contributed by atoms with E-state index in [1.807, 2.05) is 6.08 Å². The van der Waals surface area contributed by atoms with Crippen molar-refractivity contribution in [2.75, 3.05) is 13.2 Å². The summed E-state index contributed by atoms with van der Waals surface area (Å²) in [5.74, 6) is -0.0284. The van der Waals surface area contributed by atoms with Gasteiger partial charge in [0.1, 0.15) is 0 Å². The average Bonchev–Trinajstić information content (AvgIpc) is 3.64. The number of hydrogen-bond donors (Lipinski definition) is 3. The van der Waals surface area contributed by atoms with Crippen LogP contribution in [-0.2, 0) is 14.3 Å². The molecule has 3 N–H and O–H groups in total. The molecule has 1 amide bonds. The lowest BCUT2D eigenvalue weighted by Crippen LogP contribution is -2.45. The molecule has 0 aromatic rings. The van der Waals surface area contributed by atoms with E-state index in [9.17, 15) is 19.8 Å². The number of unbranched alkanes of at least 4 members (excludes halogenated alkanes) is 70. The van der Waals surface area contributed by atoms with Crippen LogP contribution in [0.2, 0.25) is 0 Å². The second kappa shape index (κ2) is 81.0. The van der Waals surface area contributed by atoms with Crippen LogP contribution in [0.3, 0.4) is 0 Å². The maximum absolute atomic E-state index is 12.5. The van der Waals surface area contributed by atoms with Crippen molar-refractivity contribution in [1.29, 1.82) is 0 Å². The lowest BCUT2D eigenvalue weighted by atomic mass is 10.0. The van der Waals surface area contributed by atoms with E-state index < -0.39 is 12.1 Å². The molecule has 0 aliphatic rings. The van der Waals surface area contributed by atoms with Crippen LogP contribution in [0.4, 0.5) is 0 Å². The molecule has 0 spiro atoms. The molecular weight excluding hydrogens is 1110 g/mol. The molecule has 0 radical (unpaired) electrons. The third kappa shape index (κ3) is 77.5. The van der Waals surface area contributed by atoms with E-state index in [0.29, 0.717) is 19.4 Å². The minimum absolute atomic E-state index is 0.0285. The number of carbonyl (C=O) groups excluding carboxylic acids is 2. The molecule has 0 aromatic carbocycles. The van der Waals surface area contributed by atoms with Gasteiger partial charge in [0, 0.05) is 12.8 Å². The Morgan fingerprint density at radius 1 is 0.297 bits per heavy atom. The highest BCUT2D eigenvalue weighted by Gasteiger charge is 2.18. The van der Waals surface area contributed by atoms with Crippen LogP contribution in [0.5, 0.6) is 0 Å². The molecule has 2 atom stereocenters. The topological polar surface area (TPSA) is 95.9 Å². The molecule has 0 aromatic heterocycles. The standard InChI is InChI=1S/C85H167NO5/c1-3-5-7-9-11-13-15-17-19-21-22-42-46-49-53-57-61-65-69-73-77-83(88)82(81-87)86-84(89)78-74-70-66-62-58-54-50-47-43-40-38-36-34-32-30-28-26-24-23-25-27-29-31-33-35-37-39-41-44-48-52-56-60-64-68-72-76-80-91-85(90)79-75-71-67-63-59-55-51-45-20-18-16-14-12-10-8-6-4-2/h73,77,82-83,87-88H,3-72,74-76,78-81H2,1-2H3,(H,86,89)/b77-73+. The Balaban J connectivity index is 3.30. The third-order valence-corrected chi connectivity index (χ3v) is 20.3. The number of esters is 1. The summed E-state index contributed by atoms with van der Waals surface area (Å²) < 4.78 is 5.52. The molecule has 0 heterocycles. The van der Waals surface area contributed by atoms with Gasteiger partial charge in [-0.2, -0.15) is 0 Å². The zero-order valence-electron chi connectivity index (χ0n) is 62.4. The molecule has 0 saturated heterocycles. The first kappa shape index (κ1) is 89.6. The quantitative estimate of drug-likeness (QED) is 0.0320. The van der Waals surface area contributed by atoms with Crippen LogP contribution in [0.25, 0.3) is 0 Å². The number of aliphatic hydroxyl groups excluding tert-OH is 2. The van der Waals surface area contributed by atoms with Crippen molar-refractivity contribution >= 4 is 11.9 Å². The second-order valence-corrected chi connectivity index (χ2v) is 29.5. The Hall–Kier alpha value is -1.40. The maximum atomic E-state index is 12.5. The van der Waals surface area contributed by atoms with Crippen LogP contribution in [0.1, 0.15) is 495 Å². The first-order valence-electron chi connectivity index (χ1n) is 42.5. The van der Waals surface area contributed by atoms with Gasteiger partial charge in [0.05, 0.1) is 25.4 Å². The van der Waals surface area contributed by atoms with Crippen LogP contribution >= 0.6 is 0 Å². The van der Waals surface area contributed by atoms with Crippen molar-refractivity contribution in [2.24, 2.45) is 0 Å². The summed E-state index contributed by atoms with van der Waals surface area (Å²) in [6, 6.07) is -0.624. The van der Waals surface area contributed by atoms with Gasteiger partial charge in [-0.15, -0.1) is 0 Å². The smallest absolute Gasteiger partial charge is 0.305 e. The Labute approximate surface area is 571 Å². The van der Waals surface area contributed by atoms with E-state index >= 15 is 0 Å². The molecule has 0 aliphatic heterocycles. The van der Waals surface area contributed by atoms with E-state index in [0.717, 1.165) is 38.5 Å². The first-order valence-corrected chi connectivity index (χ1v) is 42.5. The highest BCUT2D eigenvalue weighted by Crippen LogP contribution is 2.21. The summed E-state index contributed by atoms with van der Waals surface area (Å²) in [7, 11) is 0. The van der Waals surface area contributed by atoms with Crippen molar-refractivity contribution in [3.05, 3.63) is 12.2 Å². The van der Waals surface area contributed by atoms with Gasteiger partial charge in [-0.3, -0.25) is 9.59 Å². The zero-order valence-corrected chi connectivity index (χ0v) is 62.4. The van der Waals surface area contributed by atoms with Gasteiger partial charge in [0.2, 0.25) is 5.91 Å². The highest BCUT2D eigenvalue weighted by molar-refractivity contribution is 5.76. The van der Waals surface area contributed by atoms with Gasteiger partial charge in [-0.1, -0.05) is 463 Å². The number of ether oxygens (including phenoxy) is 1. The molecule has 542 valence electrons. The Morgan fingerprint density at radius 3 is 0.747 bits per heavy atom. The third-order valence-electron chi connectivity index (χ3n) is 20.3. The van der Waals surface area contributed by atoms with E-state index in [2.05, 4.69) is 19.2 Å². The monoisotopic (exact) mass is 1280 g/mol. The lowest BCUT2D eigenvalue weighted by Gasteiger charge is -2.20. The van der Waals surface area contributed by atoms with Gasteiger partial charge in [0.25, 0.3) is 0 Å². The molecule has 91 heavy (non-hydrogen) atoms. The first-order chi connectivity index (χ1) is 45.0. The number of hydrogen-bond acceptors (Lipinski definition) is 5. The summed E-state index contributed by atoms with van der Waals surface area (Å²) in [6.07, 6.45) is 104. The Bertz CT molecular complexity index is 1380. The van der Waals surface area contributed by atoms with Crippen molar-refractivity contribution in [2.45, 2.75) is 508 Å². The molecule has 0 saturated carbocycles. The Kier molecular flexibility index (Phi) is 79.8. The van der Waals surface area contributed by atoms with Crippen LogP contribution < -0.4 is 5.32 Å². The van der Waals surface area contributed by atoms with Crippen molar-refractivity contribution in [3.8, 4) is 0 Å². The normalized spacial score (nSPS) is 12.4. The molecule has 0 fully saturated rings. The second-order valence-electron chi connectivity index (χ2n) is 29.5. The minimum Gasteiger partial charge on any atom is -0.466 e. The number of carbonyl (C=O) groups is 2. The highest BCUT2D eigenvalue weighted by atomic mass is 16.5. The molecule has 2 unspecified atom stereocenters. The molecule has 6 heteroatoms. The number of aliphatic hydroxyl groups is 2. The van der Waals surface area contributed by atoms with Gasteiger partial charge in [0.15, 0.2) is 0 Å². The fourth-order valence-corrected chi connectivity index (χ4v) is 13.9. The Morgan fingerprint density at radius 2 is 0.505 bits per heavy atom. The summed E-state index contributed by atoms with van der Waals surface area (Å²) in [4.78, 5) is 24.7. The maximum Gasteiger partial charge on any atom is 0.305 e. The SMILES string of the molecule is CCCCCCCCCCCCCCCCCCCC/C=C/C(O)C(CO)NC(=O)CCCCCCCCCCCCCCCCCCCCCCCCCCCCCCCCCCCCCCCOC(=O)CCCCCCCCCCCCCCCCCCC. The van der Waals surface area contributed by atoms with E-state index in [-0.39, 0.29) is 18.5 Å². The fraction of sp³-hybridized carbons (Fsp3) is 0.953. The molecular formula is C85H167NO5. The number of allylic oxidation sites excluding steroid dienone is 1. The summed E-state index contributed by atoms with van der Waals surface area (Å²) in [6.45, 7) is 4.97. The number of rotatable bonds is 81. The zero-order chi connectivity index (χ0) is 65.6. The van der Waals surface area contributed by atoms with E-state index in [4.69, 9.17) is 4.74 Å². The summed E-state index contributed by atoms with van der Waals surface area (Å²) in [5.41, 5.74) is 0. The fourth-order valence-electron chi connectivity index (χ4n) is 13.9. The molecule has 0 rings (SSSR count).